The molecule has 0 spiro atoms. The van der Waals surface area contributed by atoms with Crippen LogP contribution in [0, 0.1) is 0 Å². The van der Waals surface area contributed by atoms with Crippen LogP contribution in [0.5, 0.6) is 5.75 Å². The minimum atomic E-state index is -0.668. The van der Waals surface area contributed by atoms with Crippen molar-refractivity contribution in [2.75, 3.05) is 12.4 Å². The smallest absolute Gasteiger partial charge is 0.241 e. The number of carbonyl (C=O) groups is 1. The van der Waals surface area contributed by atoms with Gasteiger partial charge in [0.25, 0.3) is 0 Å². The van der Waals surface area contributed by atoms with Crippen molar-refractivity contribution in [3.63, 3.8) is 0 Å². The Labute approximate surface area is 161 Å². The minimum absolute atomic E-state index is 0.247. The summed E-state index contributed by atoms with van der Waals surface area (Å²) in [4.78, 5) is 15.8. The fourth-order valence-corrected chi connectivity index (χ4v) is 3.27. The molecule has 4 rings (SSSR count). The molecule has 1 amide bonds. The highest BCUT2D eigenvalue weighted by Crippen LogP contribution is 2.32. The third-order valence-electron chi connectivity index (χ3n) is 4.73. The Bertz CT molecular complexity index is 1100. The van der Waals surface area contributed by atoms with Crippen LogP contribution in [0.2, 0.25) is 0 Å². The van der Waals surface area contributed by atoms with Gasteiger partial charge < -0.3 is 20.8 Å². The van der Waals surface area contributed by atoms with Gasteiger partial charge in [-0.05, 0) is 30.2 Å². The zero-order valence-electron chi connectivity index (χ0n) is 15.4. The molecule has 2 heterocycles. The number of hydrogen-bond donors (Lipinski definition) is 4. The van der Waals surface area contributed by atoms with Gasteiger partial charge in [0.15, 0.2) is 0 Å². The molecule has 0 saturated heterocycles. The standard InChI is InChI=1S/C21H21N5O2/c1-28-20-9-15(6-7-17(20)14-11-24-25-12-14)26-21(27)18(22)8-13-10-23-19-5-3-2-4-16(13)19/h2-7,9-12,18,23H,8,22H2,1H3,(H,24,25)(H,26,27)/t18-/m1/s1. The first kappa shape index (κ1) is 17.8. The van der Waals surface area contributed by atoms with Crippen LogP contribution in [0.4, 0.5) is 5.69 Å². The van der Waals surface area contributed by atoms with Crippen molar-refractivity contribution in [2.45, 2.75) is 12.5 Å². The lowest BCUT2D eigenvalue weighted by Gasteiger charge is -2.14. The van der Waals surface area contributed by atoms with Crippen molar-refractivity contribution in [1.82, 2.24) is 15.2 Å². The number of aromatic nitrogens is 3. The van der Waals surface area contributed by atoms with Gasteiger partial charge in [-0.1, -0.05) is 18.2 Å². The van der Waals surface area contributed by atoms with Crippen molar-refractivity contribution < 1.29 is 9.53 Å². The second-order valence-electron chi connectivity index (χ2n) is 6.56. The first-order chi connectivity index (χ1) is 13.7. The van der Waals surface area contributed by atoms with E-state index in [-0.39, 0.29) is 5.91 Å². The van der Waals surface area contributed by atoms with Crippen LogP contribution < -0.4 is 15.8 Å². The van der Waals surface area contributed by atoms with Crippen LogP contribution in [-0.4, -0.2) is 34.2 Å². The van der Waals surface area contributed by atoms with E-state index in [0.29, 0.717) is 17.9 Å². The summed E-state index contributed by atoms with van der Waals surface area (Å²) in [6, 6.07) is 12.8. The summed E-state index contributed by atoms with van der Waals surface area (Å²) in [5.74, 6) is 0.396. The Morgan fingerprint density at radius 1 is 1.25 bits per heavy atom. The SMILES string of the molecule is COc1cc(NC(=O)[C@H](N)Cc2c[nH]c3ccccc23)ccc1-c1cn[nH]c1. The molecule has 0 radical (unpaired) electrons. The number of carbonyl (C=O) groups excluding carboxylic acids is 1. The normalized spacial score (nSPS) is 12.1. The van der Waals surface area contributed by atoms with Crippen LogP contribution >= 0.6 is 0 Å². The monoisotopic (exact) mass is 375 g/mol. The maximum Gasteiger partial charge on any atom is 0.241 e. The molecule has 0 unspecified atom stereocenters. The van der Waals surface area contributed by atoms with Gasteiger partial charge >= 0.3 is 0 Å². The lowest BCUT2D eigenvalue weighted by atomic mass is 10.0. The predicted molar refractivity (Wildman–Crippen MR) is 109 cm³/mol. The number of anilines is 1. The van der Waals surface area contributed by atoms with Crippen molar-refractivity contribution in [3.05, 3.63) is 66.6 Å². The summed E-state index contributed by atoms with van der Waals surface area (Å²) in [7, 11) is 1.59. The highest BCUT2D eigenvalue weighted by atomic mass is 16.5. The van der Waals surface area contributed by atoms with Gasteiger partial charge in [0.1, 0.15) is 5.75 Å². The maximum atomic E-state index is 12.6. The Morgan fingerprint density at radius 2 is 2.11 bits per heavy atom. The summed E-state index contributed by atoms with van der Waals surface area (Å²) < 4.78 is 5.46. The predicted octanol–water partition coefficient (Wildman–Crippen LogP) is 3.08. The molecular weight excluding hydrogens is 354 g/mol. The van der Waals surface area contributed by atoms with Gasteiger partial charge in [-0.25, -0.2) is 0 Å². The molecule has 142 valence electrons. The molecule has 4 aromatic rings. The van der Waals surface area contributed by atoms with E-state index < -0.39 is 6.04 Å². The first-order valence-electron chi connectivity index (χ1n) is 8.94. The largest absolute Gasteiger partial charge is 0.496 e. The second kappa shape index (κ2) is 7.58. The highest BCUT2D eigenvalue weighted by Gasteiger charge is 2.17. The Hall–Kier alpha value is -3.58. The Kier molecular flexibility index (Phi) is 4.82. The molecule has 2 aromatic heterocycles. The number of benzene rings is 2. The van der Waals surface area contributed by atoms with Gasteiger partial charge in [-0.3, -0.25) is 9.89 Å². The summed E-state index contributed by atoms with van der Waals surface area (Å²) in [5, 5.41) is 10.7. The zero-order valence-corrected chi connectivity index (χ0v) is 15.4. The van der Waals surface area contributed by atoms with E-state index in [1.165, 1.54) is 0 Å². The summed E-state index contributed by atoms with van der Waals surface area (Å²) >= 11 is 0. The third kappa shape index (κ3) is 3.47. The van der Waals surface area contributed by atoms with Crippen LogP contribution in [0.3, 0.4) is 0 Å². The van der Waals surface area contributed by atoms with Gasteiger partial charge in [0, 0.05) is 46.2 Å². The molecule has 7 nitrogen and oxygen atoms in total. The van der Waals surface area contributed by atoms with Gasteiger partial charge in [0.05, 0.1) is 19.3 Å². The molecule has 7 heteroatoms. The van der Waals surface area contributed by atoms with E-state index in [0.717, 1.165) is 27.6 Å². The number of H-pyrrole nitrogens is 2. The van der Waals surface area contributed by atoms with Crippen molar-refractivity contribution in [1.29, 1.82) is 0 Å². The maximum absolute atomic E-state index is 12.6. The van der Waals surface area contributed by atoms with Gasteiger partial charge in [-0.2, -0.15) is 5.10 Å². The number of methoxy groups -OCH3 is 1. The number of nitrogens with two attached hydrogens (primary N) is 1. The fraction of sp³-hybridized carbons (Fsp3) is 0.143. The Morgan fingerprint density at radius 3 is 2.89 bits per heavy atom. The number of amides is 1. The van der Waals surface area contributed by atoms with E-state index in [4.69, 9.17) is 10.5 Å². The van der Waals surface area contributed by atoms with Crippen LogP contribution in [-0.2, 0) is 11.2 Å². The number of fused-ring (bicyclic) bond motifs is 1. The minimum Gasteiger partial charge on any atom is -0.496 e. The average Bonchev–Trinajstić information content (AvgIpc) is 3.38. The first-order valence-corrected chi connectivity index (χ1v) is 8.94. The number of ether oxygens (including phenoxy) is 1. The summed E-state index contributed by atoms with van der Waals surface area (Å²) in [6.45, 7) is 0. The molecule has 0 saturated carbocycles. The fourth-order valence-electron chi connectivity index (χ4n) is 3.27. The molecule has 1 atom stereocenters. The van der Waals surface area contributed by atoms with Crippen molar-refractivity contribution >= 4 is 22.5 Å². The average molecular weight is 375 g/mol. The molecule has 5 N–H and O–H groups in total. The highest BCUT2D eigenvalue weighted by molar-refractivity contribution is 5.96. The molecule has 0 aliphatic heterocycles. The molecular formula is C21H21N5O2. The second-order valence-corrected chi connectivity index (χ2v) is 6.56. The molecule has 0 bridgehead atoms. The number of nitrogens with one attached hydrogen (secondary N) is 3. The molecule has 2 aromatic carbocycles. The lowest BCUT2D eigenvalue weighted by Crippen LogP contribution is -2.37. The van der Waals surface area contributed by atoms with Crippen molar-refractivity contribution in [2.24, 2.45) is 5.73 Å². The quantitative estimate of drug-likeness (QED) is 0.415. The number of para-hydroxylation sites is 1. The van der Waals surface area contributed by atoms with E-state index in [9.17, 15) is 4.79 Å². The number of hydrogen-bond acceptors (Lipinski definition) is 4. The molecule has 28 heavy (non-hydrogen) atoms. The third-order valence-corrected chi connectivity index (χ3v) is 4.73. The number of nitrogens with zero attached hydrogens (tertiary/aromatic N) is 1. The summed E-state index contributed by atoms with van der Waals surface area (Å²) in [6.07, 6.45) is 5.85. The topological polar surface area (TPSA) is 109 Å². The molecule has 0 fully saturated rings. The van der Waals surface area contributed by atoms with E-state index in [1.807, 2.05) is 42.6 Å². The van der Waals surface area contributed by atoms with Crippen LogP contribution in [0.25, 0.3) is 22.0 Å². The van der Waals surface area contributed by atoms with Gasteiger partial charge in [0.2, 0.25) is 5.91 Å². The van der Waals surface area contributed by atoms with E-state index >= 15 is 0 Å². The van der Waals surface area contributed by atoms with E-state index in [2.05, 4.69) is 20.5 Å². The number of aromatic amines is 2. The van der Waals surface area contributed by atoms with Crippen LogP contribution in [0.1, 0.15) is 5.56 Å². The van der Waals surface area contributed by atoms with Crippen LogP contribution in [0.15, 0.2) is 61.1 Å². The van der Waals surface area contributed by atoms with Gasteiger partial charge in [-0.15, -0.1) is 0 Å². The number of rotatable bonds is 6. The zero-order chi connectivity index (χ0) is 19.5. The lowest BCUT2D eigenvalue weighted by molar-refractivity contribution is -0.117. The van der Waals surface area contributed by atoms with Crippen molar-refractivity contribution in [3.8, 4) is 16.9 Å². The molecule has 0 aliphatic carbocycles. The Balaban J connectivity index is 1.48. The molecule has 0 aliphatic rings. The van der Waals surface area contributed by atoms with E-state index in [1.54, 1.807) is 25.6 Å². The summed E-state index contributed by atoms with van der Waals surface area (Å²) in [5.41, 5.74) is 10.6.